The highest BCUT2D eigenvalue weighted by Crippen LogP contribution is 2.62. The summed E-state index contributed by atoms with van der Waals surface area (Å²) in [5.74, 6) is -1.13. The van der Waals surface area contributed by atoms with Crippen molar-refractivity contribution in [3.05, 3.63) is 124 Å². The number of Topliss-reactive ketones (excluding diaryl/α,β-unsaturated/α-hetero) is 2. The molecule has 7 rings (SSSR count). The Morgan fingerprint density at radius 1 is 0.949 bits per heavy atom. The molecule has 3 aliphatic heterocycles. The topological polar surface area (TPSA) is 75.7 Å². The normalized spacial score (nSPS) is 24.2. The van der Waals surface area contributed by atoms with Gasteiger partial charge in [0.15, 0.2) is 11.6 Å². The van der Waals surface area contributed by atoms with E-state index in [2.05, 4.69) is 5.32 Å². The number of hydrogen-bond donors (Lipinski definition) is 1. The molecule has 7 heteroatoms. The molecule has 6 nitrogen and oxygen atoms in total. The van der Waals surface area contributed by atoms with Gasteiger partial charge in [0.25, 0.3) is 0 Å². The summed E-state index contributed by atoms with van der Waals surface area (Å²) in [4.78, 5) is 45.9. The highest BCUT2D eigenvalue weighted by Gasteiger charge is 2.70. The van der Waals surface area contributed by atoms with Gasteiger partial charge in [-0.3, -0.25) is 14.4 Å². The van der Waals surface area contributed by atoms with Crippen LogP contribution in [0.3, 0.4) is 0 Å². The fourth-order valence-corrected chi connectivity index (χ4v) is 7.39. The summed E-state index contributed by atoms with van der Waals surface area (Å²) in [6.45, 7) is 0. The number of amides is 1. The second-order valence-electron chi connectivity index (χ2n) is 10.0. The molecule has 0 saturated carbocycles. The lowest BCUT2D eigenvalue weighted by Gasteiger charge is -2.38. The van der Waals surface area contributed by atoms with Crippen molar-refractivity contribution in [2.45, 2.75) is 17.5 Å². The smallest absolute Gasteiger partial charge is 0.238 e. The van der Waals surface area contributed by atoms with Crippen molar-refractivity contribution in [1.82, 2.24) is 4.90 Å². The number of nitrogens with zero attached hydrogens (tertiary/aromatic N) is 1. The number of rotatable bonds is 5. The van der Waals surface area contributed by atoms with E-state index in [0.29, 0.717) is 21.9 Å². The Bertz CT molecular complexity index is 1680. The number of ether oxygens (including phenoxy) is 1. The number of para-hydroxylation sites is 1. The SMILES string of the molecule is COc1cccc(C(=O)C2C(C(=O)c3cccs3)C3(C(=O)Nc4ccccc43)C3c4ccccc4C=CN23)c1. The van der Waals surface area contributed by atoms with E-state index >= 15 is 0 Å². The molecule has 39 heavy (non-hydrogen) atoms. The highest BCUT2D eigenvalue weighted by molar-refractivity contribution is 7.12. The highest BCUT2D eigenvalue weighted by atomic mass is 32.1. The van der Waals surface area contributed by atoms with E-state index < -0.39 is 23.4 Å². The molecule has 4 aromatic rings. The number of anilines is 1. The van der Waals surface area contributed by atoms with Gasteiger partial charge in [0.05, 0.1) is 23.9 Å². The van der Waals surface area contributed by atoms with Gasteiger partial charge in [-0.25, -0.2) is 0 Å². The number of carbonyl (C=O) groups excluding carboxylic acids is 3. The lowest BCUT2D eigenvalue weighted by atomic mass is 9.63. The number of fused-ring (bicyclic) bond motifs is 6. The van der Waals surface area contributed by atoms with Crippen LogP contribution in [-0.2, 0) is 10.2 Å². The van der Waals surface area contributed by atoms with E-state index in [9.17, 15) is 14.4 Å². The third kappa shape index (κ3) is 3.23. The van der Waals surface area contributed by atoms with Crippen molar-refractivity contribution in [1.29, 1.82) is 0 Å². The molecule has 4 heterocycles. The zero-order chi connectivity index (χ0) is 26.7. The Morgan fingerprint density at radius 3 is 2.59 bits per heavy atom. The molecule has 4 unspecified atom stereocenters. The van der Waals surface area contributed by atoms with Crippen molar-refractivity contribution in [2.24, 2.45) is 5.92 Å². The minimum atomic E-state index is -1.32. The van der Waals surface area contributed by atoms with Crippen LogP contribution in [0.4, 0.5) is 5.69 Å². The molecule has 0 aliphatic carbocycles. The maximum atomic E-state index is 14.6. The molecule has 0 bridgehead atoms. The minimum absolute atomic E-state index is 0.210. The molecule has 1 spiro atoms. The largest absolute Gasteiger partial charge is 0.497 e. The summed E-state index contributed by atoms with van der Waals surface area (Å²) in [6.07, 6.45) is 3.84. The first kappa shape index (κ1) is 23.6. The van der Waals surface area contributed by atoms with E-state index in [-0.39, 0.29) is 17.5 Å². The number of carbonyl (C=O) groups is 3. The van der Waals surface area contributed by atoms with Crippen LogP contribution in [0.25, 0.3) is 6.08 Å². The first-order chi connectivity index (χ1) is 19.1. The molecule has 192 valence electrons. The van der Waals surface area contributed by atoms with Crippen LogP contribution in [0.15, 0.2) is 96.5 Å². The van der Waals surface area contributed by atoms with Gasteiger partial charge in [-0.1, -0.05) is 60.7 Å². The lowest BCUT2D eigenvalue weighted by molar-refractivity contribution is -0.122. The summed E-state index contributed by atoms with van der Waals surface area (Å²) in [7, 11) is 1.55. The summed E-state index contributed by atoms with van der Waals surface area (Å²) in [5.41, 5.74) is 2.40. The van der Waals surface area contributed by atoms with E-state index in [1.807, 2.05) is 77.2 Å². The van der Waals surface area contributed by atoms with Crippen molar-refractivity contribution in [3.63, 3.8) is 0 Å². The Labute approximate surface area is 229 Å². The Hall–Kier alpha value is -4.49. The lowest BCUT2D eigenvalue weighted by Crippen LogP contribution is -2.49. The number of hydrogen-bond acceptors (Lipinski definition) is 6. The summed E-state index contributed by atoms with van der Waals surface area (Å²) < 4.78 is 5.40. The zero-order valence-electron chi connectivity index (χ0n) is 21.0. The maximum Gasteiger partial charge on any atom is 0.238 e. The van der Waals surface area contributed by atoms with Gasteiger partial charge >= 0.3 is 0 Å². The fraction of sp³-hybridized carbons (Fsp3) is 0.156. The van der Waals surface area contributed by atoms with Crippen molar-refractivity contribution < 1.29 is 19.1 Å². The molecule has 3 aromatic carbocycles. The Kier molecular flexibility index (Phi) is 5.32. The summed E-state index contributed by atoms with van der Waals surface area (Å²) >= 11 is 1.33. The average Bonchev–Trinajstić information content (AvgIpc) is 3.69. The molecular formula is C32H24N2O4S. The maximum absolute atomic E-state index is 14.6. The van der Waals surface area contributed by atoms with Crippen LogP contribution >= 0.6 is 11.3 Å². The molecule has 1 amide bonds. The van der Waals surface area contributed by atoms with Crippen molar-refractivity contribution in [3.8, 4) is 5.75 Å². The zero-order valence-corrected chi connectivity index (χ0v) is 21.9. The van der Waals surface area contributed by atoms with Gasteiger partial charge in [0, 0.05) is 17.5 Å². The molecule has 1 fully saturated rings. The monoisotopic (exact) mass is 532 g/mol. The van der Waals surface area contributed by atoms with Crippen LogP contribution < -0.4 is 10.1 Å². The van der Waals surface area contributed by atoms with Gasteiger partial charge in [-0.2, -0.15) is 0 Å². The number of ketones is 2. The van der Waals surface area contributed by atoms with E-state index in [0.717, 1.165) is 16.7 Å². The predicted octanol–water partition coefficient (Wildman–Crippen LogP) is 5.74. The fourth-order valence-electron chi connectivity index (χ4n) is 6.69. The third-order valence-electron chi connectivity index (χ3n) is 8.24. The standard InChI is InChI=1S/C32H24N2O4S/c1-38-21-10-6-9-20(18-21)28(35)27-26(29(36)25-14-7-17-39-25)32(23-12-4-5-13-24(23)33-31(32)37)30-22-11-3-2-8-19(22)15-16-34(27)30/h2-18,26-27,30H,1H3,(H,33,37). The quantitative estimate of drug-likeness (QED) is 0.332. The summed E-state index contributed by atoms with van der Waals surface area (Å²) in [6, 6.07) is 24.5. The number of benzene rings is 3. The first-order valence-corrected chi connectivity index (χ1v) is 13.6. The van der Waals surface area contributed by atoms with Crippen LogP contribution in [0.2, 0.25) is 0 Å². The molecular weight excluding hydrogens is 508 g/mol. The van der Waals surface area contributed by atoms with E-state index in [1.165, 1.54) is 11.3 Å². The van der Waals surface area contributed by atoms with Gasteiger partial charge in [-0.05, 0) is 52.4 Å². The van der Waals surface area contributed by atoms with Gasteiger partial charge in [0.2, 0.25) is 5.91 Å². The predicted molar refractivity (Wildman–Crippen MR) is 150 cm³/mol. The molecule has 0 radical (unpaired) electrons. The second kappa shape index (κ2) is 8.78. The number of thiophene rings is 1. The van der Waals surface area contributed by atoms with Crippen LogP contribution in [0.1, 0.15) is 42.8 Å². The van der Waals surface area contributed by atoms with E-state index in [4.69, 9.17) is 4.74 Å². The van der Waals surface area contributed by atoms with Crippen LogP contribution in [0.5, 0.6) is 5.75 Å². The minimum Gasteiger partial charge on any atom is -0.497 e. The first-order valence-electron chi connectivity index (χ1n) is 12.8. The number of nitrogens with one attached hydrogen (secondary N) is 1. The van der Waals surface area contributed by atoms with Gasteiger partial charge < -0.3 is 15.0 Å². The molecule has 1 saturated heterocycles. The molecule has 1 N–H and O–H groups in total. The average molecular weight is 533 g/mol. The van der Waals surface area contributed by atoms with Gasteiger partial charge in [0.1, 0.15) is 17.2 Å². The molecule has 3 aliphatic rings. The molecule has 4 atom stereocenters. The number of methoxy groups -OCH3 is 1. The van der Waals surface area contributed by atoms with Crippen LogP contribution in [0, 0.1) is 5.92 Å². The Morgan fingerprint density at radius 2 is 1.77 bits per heavy atom. The third-order valence-corrected chi connectivity index (χ3v) is 9.12. The van der Waals surface area contributed by atoms with Crippen molar-refractivity contribution in [2.75, 3.05) is 12.4 Å². The van der Waals surface area contributed by atoms with E-state index in [1.54, 1.807) is 37.4 Å². The Balaban J connectivity index is 1.53. The van der Waals surface area contributed by atoms with Crippen LogP contribution in [-0.4, -0.2) is 35.5 Å². The van der Waals surface area contributed by atoms with Crippen molar-refractivity contribution >= 4 is 40.6 Å². The second-order valence-corrected chi connectivity index (χ2v) is 11.0. The molecule has 1 aromatic heterocycles. The van der Waals surface area contributed by atoms with Gasteiger partial charge in [-0.15, -0.1) is 11.3 Å². The summed E-state index contributed by atoms with van der Waals surface area (Å²) in [5, 5.41) is 4.92.